The smallest absolute Gasteiger partial charge is 0.243 e. The van der Waals surface area contributed by atoms with Crippen LogP contribution in [0.1, 0.15) is 12.0 Å². The molecule has 0 radical (unpaired) electrons. The van der Waals surface area contributed by atoms with Crippen molar-refractivity contribution in [2.75, 3.05) is 26.7 Å². The quantitative estimate of drug-likeness (QED) is 0.866. The Hall–Kier alpha value is -2.34. The molecule has 1 unspecified atom stereocenters. The number of nitrogens with zero attached hydrogens (tertiary/aromatic N) is 2. The molecule has 1 fully saturated rings. The van der Waals surface area contributed by atoms with Crippen LogP contribution in [0.5, 0.6) is 0 Å². The van der Waals surface area contributed by atoms with E-state index in [1.165, 1.54) is 16.5 Å². The van der Waals surface area contributed by atoms with Crippen LogP contribution in [-0.2, 0) is 23.1 Å². The summed E-state index contributed by atoms with van der Waals surface area (Å²) in [7, 11) is 3.63. The van der Waals surface area contributed by atoms with Crippen molar-refractivity contribution in [3.8, 4) is 0 Å². The number of fused-ring (bicyclic) bond motifs is 1. The second kappa shape index (κ2) is 7.05. The maximum Gasteiger partial charge on any atom is 0.243 e. The Morgan fingerprint density at radius 1 is 1.33 bits per heavy atom. The molecule has 1 aliphatic heterocycles. The van der Waals surface area contributed by atoms with Crippen LogP contribution in [0.4, 0.5) is 0 Å². The van der Waals surface area contributed by atoms with Gasteiger partial charge in [0.25, 0.3) is 0 Å². The van der Waals surface area contributed by atoms with Crippen molar-refractivity contribution in [3.63, 3.8) is 0 Å². The molecule has 0 bridgehead atoms. The molecule has 1 aromatic heterocycles. The van der Waals surface area contributed by atoms with Gasteiger partial charge in [-0.05, 0) is 18.1 Å². The number of para-hydroxylation sites is 1. The molecule has 6 nitrogen and oxygen atoms in total. The summed E-state index contributed by atoms with van der Waals surface area (Å²) >= 11 is 0. The average molecular weight is 328 g/mol. The minimum Gasteiger partial charge on any atom is -0.357 e. The van der Waals surface area contributed by atoms with Gasteiger partial charge in [0.2, 0.25) is 11.8 Å². The molecule has 24 heavy (non-hydrogen) atoms. The number of hydrogen-bond acceptors (Lipinski definition) is 3. The lowest BCUT2D eigenvalue weighted by atomic mass is 10.1. The molecule has 1 saturated heterocycles. The zero-order valence-electron chi connectivity index (χ0n) is 14.2. The van der Waals surface area contributed by atoms with Crippen molar-refractivity contribution < 1.29 is 9.59 Å². The van der Waals surface area contributed by atoms with E-state index in [-0.39, 0.29) is 11.8 Å². The summed E-state index contributed by atoms with van der Waals surface area (Å²) in [5, 5.41) is 7.01. The van der Waals surface area contributed by atoms with Crippen molar-refractivity contribution in [1.29, 1.82) is 0 Å². The van der Waals surface area contributed by atoms with Crippen LogP contribution >= 0.6 is 0 Å². The first-order valence-electron chi connectivity index (χ1n) is 8.36. The van der Waals surface area contributed by atoms with E-state index in [1.54, 1.807) is 11.9 Å². The number of piperazine rings is 1. The van der Waals surface area contributed by atoms with Crippen LogP contribution < -0.4 is 10.6 Å². The van der Waals surface area contributed by atoms with Gasteiger partial charge >= 0.3 is 0 Å². The van der Waals surface area contributed by atoms with Crippen LogP contribution in [-0.4, -0.2) is 54.0 Å². The molecule has 1 aromatic carbocycles. The first-order valence-corrected chi connectivity index (χ1v) is 8.36. The van der Waals surface area contributed by atoms with E-state index < -0.39 is 6.04 Å². The van der Waals surface area contributed by atoms with Gasteiger partial charge in [-0.25, -0.2) is 0 Å². The van der Waals surface area contributed by atoms with Gasteiger partial charge in [0.1, 0.15) is 6.04 Å². The van der Waals surface area contributed by atoms with Crippen LogP contribution in [0.15, 0.2) is 30.5 Å². The third kappa shape index (κ3) is 3.14. The Balaban J connectivity index is 1.71. The van der Waals surface area contributed by atoms with E-state index >= 15 is 0 Å². The number of aryl methyl sites for hydroxylation is 2. The highest BCUT2D eigenvalue weighted by atomic mass is 16.2. The van der Waals surface area contributed by atoms with E-state index in [1.807, 2.05) is 19.2 Å². The lowest BCUT2D eigenvalue weighted by molar-refractivity contribution is -0.141. The number of likely N-dealkylation sites (N-methyl/N-ethyl adjacent to an activating group) is 1. The molecule has 0 saturated carbocycles. The first-order chi connectivity index (χ1) is 11.6. The van der Waals surface area contributed by atoms with Crippen molar-refractivity contribution in [2.24, 2.45) is 7.05 Å². The molecular weight excluding hydrogens is 304 g/mol. The molecule has 1 atom stereocenters. The highest BCUT2D eigenvalue weighted by Crippen LogP contribution is 2.22. The summed E-state index contributed by atoms with van der Waals surface area (Å²) in [6, 6.07) is 7.80. The number of carbonyl (C=O) groups is 2. The minimum atomic E-state index is -0.413. The lowest BCUT2D eigenvalue weighted by Gasteiger charge is -2.35. The SMILES string of the molecule is CNC(=O)C1CNCCN1C(=O)CCc1cn(C)c2ccccc12. The Morgan fingerprint density at radius 2 is 2.12 bits per heavy atom. The van der Waals surface area contributed by atoms with Crippen molar-refractivity contribution in [2.45, 2.75) is 18.9 Å². The maximum absolute atomic E-state index is 12.7. The number of hydrogen-bond donors (Lipinski definition) is 2. The molecule has 128 valence electrons. The van der Waals surface area contributed by atoms with Gasteiger partial charge in [0, 0.05) is 57.3 Å². The summed E-state index contributed by atoms with van der Waals surface area (Å²) in [5.41, 5.74) is 2.35. The minimum absolute atomic E-state index is 0.0398. The second-order valence-electron chi connectivity index (χ2n) is 6.20. The third-order valence-corrected chi connectivity index (χ3v) is 4.70. The average Bonchev–Trinajstić information content (AvgIpc) is 2.95. The number of rotatable bonds is 4. The number of aromatic nitrogens is 1. The van der Waals surface area contributed by atoms with Crippen LogP contribution in [0.2, 0.25) is 0 Å². The van der Waals surface area contributed by atoms with Gasteiger partial charge in [-0.2, -0.15) is 0 Å². The second-order valence-corrected chi connectivity index (χ2v) is 6.20. The maximum atomic E-state index is 12.7. The summed E-state index contributed by atoms with van der Waals surface area (Å²) in [6.45, 7) is 1.82. The van der Waals surface area contributed by atoms with Crippen molar-refractivity contribution in [1.82, 2.24) is 20.1 Å². The number of nitrogens with one attached hydrogen (secondary N) is 2. The van der Waals surface area contributed by atoms with Gasteiger partial charge in [0.15, 0.2) is 0 Å². The molecule has 0 spiro atoms. The normalized spacial score (nSPS) is 17.9. The molecule has 6 heteroatoms. The van der Waals surface area contributed by atoms with Crippen LogP contribution in [0.25, 0.3) is 10.9 Å². The summed E-state index contributed by atoms with van der Waals surface area (Å²) in [4.78, 5) is 26.4. The Bertz CT molecular complexity index is 753. The van der Waals surface area contributed by atoms with E-state index in [9.17, 15) is 9.59 Å². The van der Waals surface area contributed by atoms with Crippen molar-refractivity contribution in [3.05, 3.63) is 36.0 Å². The van der Waals surface area contributed by atoms with Gasteiger partial charge in [-0.3, -0.25) is 9.59 Å². The van der Waals surface area contributed by atoms with E-state index in [2.05, 4.69) is 33.5 Å². The van der Waals surface area contributed by atoms with Gasteiger partial charge < -0.3 is 20.1 Å². The molecule has 2 aromatic rings. The molecule has 0 aliphatic carbocycles. The van der Waals surface area contributed by atoms with Gasteiger partial charge in [-0.15, -0.1) is 0 Å². The topological polar surface area (TPSA) is 66.4 Å². The Morgan fingerprint density at radius 3 is 2.92 bits per heavy atom. The van der Waals surface area contributed by atoms with Crippen molar-refractivity contribution >= 4 is 22.7 Å². The fourth-order valence-corrected chi connectivity index (χ4v) is 3.41. The first kappa shape index (κ1) is 16.5. The zero-order valence-corrected chi connectivity index (χ0v) is 14.2. The van der Waals surface area contributed by atoms with Gasteiger partial charge in [0.05, 0.1) is 0 Å². The summed E-state index contributed by atoms with van der Waals surface area (Å²) in [5.74, 6) is -0.0706. The lowest BCUT2D eigenvalue weighted by Crippen LogP contribution is -2.59. The molecule has 3 rings (SSSR count). The van der Waals surface area contributed by atoms with E-state index in [0.717, 1.165) is 6.54 Å². The fourth-order valence-electron chi connectivity index (χ4n) is 3.41. The fraction of sp³-hybridized carbons (Fsp3) is 0.444. The molecule has 2 heterocycles. The largest absolute Gasteiger partial charge is 0.357 e. The standard InChI is InChI=1S/C18H24N4O2/c1-19-18(24)16-11-20-9-10-22(16)17(23)8-7-13-12-21(2)15-6-4-3-5-14(13)15/h3-6,12,16,20H,7-11H2,1-2H3,(H,19,24). The summed E-state index contributed by atoms with van der Waals surface area (Å²) < 4.78 is 2.09. The molecule has 2 amide bonds. The van der Waals surface area contributed by atoms with E-state index in [0.29, 0.717) is 25.9 Å². The highest BCUT2D eigenvalue weighted by molar-refractivity contribution is 5.89. The highest BCUT2D eigenvalue weighted by Gasteiger charge is 2.31. The molecular formula is C18H24N4O2. The molecule has 2 N–H and O–H groups in total. The Labute approximate surface area is 141 Å². The zero-order chi connectivity index (χ0) is 17.1. The third-order valence-electron chi connectivity index (χ3n) is 4.70. The number of benzene rings is 1. The van der Waals surface area contributed by atoms with Crippen LogP contribution in [0, 0.1) is 0 Å². The van der Waals surface area contributed by atoms with Gasteiger partial charge in [-0.1, -0.05) is 18.2 Å². The predicted molar refractivity (Wildman–Crippen MR) is 93.7 cm³/mol. The van der Waals surface area contributed by atoms with E-state index in [4.69, 9.17) is 0 Å². The molecule has 1 aliphatic rings. The monoisotopic (exact) mass is 328 g/mol. The number of carbonyl (C=O) groups excluding carboxylic acids is 2. The predicted octanol–water partition coefficient (Wildman–Crippen LogP) is 0.657. The Kier molecular flexibility index (Phi) is 4.85. The summed E-state index contributed by atoms with van der Waals surface area (Å²) in [6.07, 6.45) is 3.19. The number of amides is 2. The van der Waals surface area contributed by atoms with Crippen LogP contribution in [0.3, 0.4) is 0 Å².